The van der Waals surface area contributed by atoms with Gasteiger partial charge in [-0.25, -0.2) is 9.59 Å². The van der Waals surface area contributed by atoms with Gasteiger partial charge in [0, 0.05) is 20.8 Å². The summed E-state index contributed by atoms with van der Waals surface area (Å²) >= 11 is 3.48. The van der Waals surface area contributed by atoms with E-state index in [1.165, 1.54) is 0 Å². The lowest BCUT2D eigenvalue weighted by Gasteiger charge is -2.19. The summed E-state index contributed by atoms with van der Waals surface area (Å²) in [4.78, 5) is 25.7. The second kappa shape index (κ2) is 8.44. The zero-order valence-electron chi connectivity index (χ0n) is 15.5. The van der Waals surface area contributed by atoms with Gasteiger partial charge < -0.3 is 14.6 Å². The summed E-state index contributed by atoms with van der Waals surface area (Å²) in [6.45, 7) is 3.71. The summed E-state index contributed by atoms with van der Waals surface area (Å²) in [5, 5.41) is 11.8. The molecule has 3 rings (SSSR count). The van der Waals surface area contributed by atoms with Crippen LogP contribution in [0.4, 0.5) is 0 Å². The molecule has 0 unspecified atom stereocenters. The molecule has 0 radical (unpaired) electrons. The number of rotatable bonds is 5. The van der Waals surface area contributed by atoms with E-state index in [-0.39, 0.29) is 35.7 Å². The molecule has 0 atom stereocenters. The third kappa shape index (κ3) is 3.47. The highest BCUT2D eigenvalue weighted by Gasteiger charge is 2.30. The fraction of sp³-hybridized carbons (Fsp3) is 0.182. The highest BCUT2D eigenvalue weighted by atomic mass is 79.9. The van der Waals surface area contributed by atoms with E-state index in [1.54, 1.807) is 56.3 Å². The number of ether oxygens (including phenoxy) is 2. The van der Waals surface area contributed by atoms with Crippen LogP contribution in [0.15, 0.2) is 53.0 Å². The van der Waals surface area contributed by atoms with Crippen molar-refractivity contribution in [2.75, 3.05) is 13.2 Å². The molecule has 0 aliphatic heterocycles. The van der Waals surface area contributed by atoms with Gasteiger partial charge in [-0.1, -0.05) is 58.4 Å². The zero-order chi connectivity index (χ0) is 20.3. The predicted octanol–water partition coefficient (Wildman–Crippen LogP) is 5.33. The van der Waals surface area contributed by atoms with E-state index in [2.05, 4.69) is 15.9 Å². The van der Waals surface area contributed by atoms with Crippen LogP contribution in [-0.2, 0) is 9.47 Å². The Hall–Kier alpha value is -2.86. The normalized spacial score (nSPS) is 10.7. The first-order valence-corrected chi connectivity index (χ1v) is 9.67. The van der Waals surface area contributed by atoms with E-state index in [0.717, 1.165) is 0 Å². The molecule has 5 nitrogen and oxygen atoms in total. The van der Waals surface area contributed by atoms with Gasteiger partial charge in [0.15, 0.2) is 0 Å². The van der Waals surface area contributed by atoms with Crippen molar-refractivity contribution >= 4 is 38.6 Å². The number of halogens is 1. The van der Waals surface area contributed by atoms with Gasteiger partial charge in [-0.2, -0.15) is 0 Å². The fourth-order valence-electron chi connectivity index (χ4n) is 3.17. The van der Waals surface area contributed by atoms with Crippen molar-refractivity contribution in [3.8, 4) is 16.9 Å². The van der Waals surface area contributed by atoms with E-state index >= 15 is 0 Å². The Morgan fingerprint density at radius 3 is 2.00 bits per heavy atom. The molecule has 1 N–H and O–H groups in total. The van der Waals surface area contributed by atoms with E-state index in [9.17, 15) is 14.7 Å². The van der Waals surface area contributed by atoms with E-state index in [0.29, 0.717) is 20.8 Å². The van der Waals surface area contributed by atoms with Crippen LogP contribution in [0.5, 0.6) is 5.75 Å². The van der Waals surface area contributed by atoms with Crippen LogP contribution in [0.2, 0.25) is 0 Å². The van der Waals surface area contributed by atoms with Crippen LogP contribution in [0.1, 0.15) is 34.6 Å². The Morgan fingerprint density at radius 1 is 0.857 bits per heavy atom. The third-order valence-corrected chi connectivity index (χ3v) is 4.98. The molecule has 0 aliphatic carbocycles. The van der Waals surface area contributed by atoms with Crippen LogP contribution < -0.4 is 0 Å². The quantitative estimate of drug-likeness (QED) is 0.540. The Balaban J connectivity index is 2.53. The second-order valence-electron chi connectivity index (χ2n) is 5.94. The van der Waals surface area contributed by atoms with Crippen LogP contribution in [0, 0.1) is 0 Å². The lowest BCUT2D eigenvalue weighted by molar-refractivity contribution is 0.0524. The number of phenols is 1. The average molecular weight is 443 g/mol. The first-order chi connectivity index (χ1) is 13.5. The van der Waals surface area contributed by atoms with Crippen molar-refractivity contribution in [1.29, 1.82) is 0 Å². The molecule has 0 bridgehead atoms. The van der Waals surface area contributed by atoms with Gasteiger partial charge in [0.1, 0.15) is 11.3 Å². The molecule has 6 heteroatoms. The molecular weight excluding hydrogens is 424 g/mol. The van der Waals surface area contributed by atoms with Crippen molar-refractivity contribution < 1.29 is 24.2 Å². The minimum atomic E-state index is -0.706. The second-order valence-corrected chi connectivity index (χ2v) is 6.79. The van der Waals surface area contributed by atoms with Crippen molar-refractivity contribution in [3.63, 3.8) is 0 Å². The summed E-state index contributed by atoms with van der Waals surface area (Å²) in [5.41, 5.74) is 1.01. The number of carbonyl (C=O) groups excluding carboxylic acids is 2. The third-order valence-electron chi connectivity index (χ3n) is 4.29. The Morgan fingerprint density at radius 2 is 1.39 bits per heavy atom. The zero-order valence-corrected chi connectivity index (χ0v) is 17.1. The number of esters is 2. The van der Waals surface area contributed by atoms with Crippen LogP contribution >= 0.6 is 15.9 Å². The van der Waals surface area contributed by atoms with Crippen LogP contribution in [-0.4, -0.2) is 30.3 Å². The molecule has 0 heterocycles. The summed E-state index contributed by atoms with van der Waals surface area (Å²) < 4.78 is 11.1. The predicted molar refractivity (Wildman–Crippen MR) is 111 cm³/mol. The fourth-order valence-corrected chi connectivity index (χ4v) is 3.65. The largest absolute Gasteiger partial charge is 0.506 e. The van der Waals surface area contributed by atoms with Gasteiger partial charge in [0.05, 0.1) is 18.8 Å². The average Bonchev–Trinajstić information content (AvgIpc) is 2.68. The molecule has 3 aromatic rings. The highest BCUT2D eigenvalue weighted by Crippen LogP contribution is 2.43. The summed E-state index contributed by atoms with van der Waals surface area (Å²) in [6.07, 6.45) is 0. The molecule has 0 fully saturated rings. The smallest absolute Gasteiger partial charge is 0.342 e. The van der Waals surface area contributed by atoms with E-state index in [4.69, 9.17) is 9.47 Å². The van der Waals surface area contributed by atoms with E-state index < -0.39 is 11.9 Å². The standard InChI is InChI=1S/C22H19BrO5/c1-3-27-21(25)18-13-9-5-6-10-14(13)20(24)19(22(26)28-4-2)17(18)15-11-7-8-12-16(15)23/h5-12,24H,3-4H2,1-2H3. The monoisotopic (exact) mass is 442 g/mol. The summed E-state index contributed by atoms with van der Waals surface area (Å²) in [5.74, 6) is -1.51. The molecule has 0 aromatic heterocycles. The van der Waals surface area contributed by atoms with Gasteiger partial charge >= 0.3 is 11.9 Å². The van der Waals surface area contributed by atoms with Gasteiger partial charge in [-0.15, -0.1) is 0 Å². The Kier molecular flexibility index (Phi) is 5.99. The Labute approximate surface area is 171 Å². The topological polar surface area (TPSA) is 72.8 Å². The molecule has 0 aliphatic rings. The number of hydrogen-bond acceptors (Lipinski definition) is 5. The summed E-state index contributed by atoms with van der Waals surface area (Å²) in [7, 11) is 0. The number of carbonyl (C=O) groups is 2. The number of aromatic hydroxyl groups is 1. The van der Waals surface area contributed by atoms with Crippen LogP contribution in [0.3, 0.4) is 0 Å². The molecule has 3 aromatic carbocycles. The molecular formula is C22H19BrO5. The van der Waals surface area contributed by atoms with Crippen molar-refractivity contribution in [2.45, 2.75) is 13.8 Å². The van der Waals surface area contributed by atoms with Crippen LogP contribution in [0.25, 0.3) is 21.9 Å². The molecule has 28 heavy (non-hydrogen) atoms. The van der Waals surface area contributed by atoms with Gasteiger partial charge in [0.2, 0.25) is 0 Å². The first kappa shape index (κ1) is 19.9. The maximum absolute atomic E-state index is 12.9. The van der Waals surface area contributed by atoms with Gasteiger partial charge in [0.25, 0.3) is 0 Å². The van der Waals surface area contributed by atoms with E-state index in [1.807, 2.05) is 6.07 Å². The molecule has 0 spiro atoms. The van der Waals surface area contributed by atoms with Crippen molar-refractivity contribution in [2.24, 2.45) is 0 Å². The minimum absolute atomic E-state index is 0.0597. The number of phenolic OH excluding ortho intramolecular Hbond substituents is 1. The maximum atomic E-state index is 12.9. The molecule has 144 valence electrons. The maximum Gasteiger partial charge on any atom is 0.342 e. The molecule has 0 saturated carbocycles. The van der Waals surface area contributed by atoms with Crippen molar-refractivity contribution in [1.82, 2.24) is 0 Å². The lowest BCUT2D eigenvalue weighted by Crippen LogP contribution is -2.14. The Bertz CT molecular complexity index is 1060. The molecule has 0 saturated heterocycles. The van der Waals surface area contributed by atoms with Crippen molar-refractivity contribution in [3.05, 3.63) is 64.1 Å². The summed E-state index contributed by atoms with van der Waals surface area (Å²) in [6, 6.07) is 14.0. The van der Waals surface area contributed by atoms with Gasteiger partial charge in [-0.05, 0) is 25.5 Å². The number of hydrogen-bond donors (Lipinski definition) is 1. The molecule has 0 amide bonds. The SMILES string of the molecule is CCOC(=O)c1c(-c2ccccc2Br)c(C(=O)OCC)c2ccccc2c1O. The number of benzene rings is 3. The van der Waals surface area contributed by atoms with Gasteiger partial charge in [-0.3, -0.25) is 0 Å². The lowest BCUT2D eigenvalue weighted by atomic mass is 9.88. The minimum Gasteiger partial charge on any atom is -0.506 e. The highest BCUT2D eigenvalue weighted by molar-refractivity contribution is 9.10. The first-order valence-electron chi connectivity index (χ1n) is 8.88. The number of fused-ring (bicyclic) bond motifs is 1.